The van der Waals surface area contributed by atoms with Crippen molar-refractivity contribution in [3.05, 3.63) is 29.1 Å². The summed E-state index contributed by atoms with van der Waals surface area (Å²) >= 11 is 0. The standard InChI is InChI=1S/C11H14F3N/c1-7(2)10-8(3)4-9(6-15-10)5-11(12,13)14/h4,6-7H,5H2,1-3H3. The SMILES string of the molecule is Cc1cc(CC(F)(F)F)cnc1C(C)C. The van der Waals surface area contributed by atoms with Crippen LogP contribution in [-0.4, -0.2) is 11.2 Å². The van der Waals surface area contributed by atoms with Crippen molar-refractivity contribution in [2.24, 2.45) is 0 Å². The van der Waals surface area contributed by atoms with Crippen molar-refractivity contribution < 1.29 is 13.2 Å². The van der Waals surface area contributed by atoms with Crippen molar-refractivity contribution in [3.8, 4) is 0 Å². The fourth-order valence-electron chi connectivity index (χ4n) is 1.58. The Morgan fingerprint density at radius 2 is 1.93 bits per heavy atom. The highest BCUT2D eigenvalue weighted by Gasteiger charge is 2.27. The Bertz CT molecular complexity index is 342. The van der Waals surface area contributed by atoms with Crippen LogP contribution >= 0.6 is 0 Å². The van der Waals surface area contributed by atoms with Gasteiger partial charge >= 0.3 is 6.18 Å². The van der Waals surface area contributed by atoms with E-state index >= 15 is 0 Å². The van der Waals surface area contributed by atoms with Crippen LogP contribution < -0.4 is 0 Å². The van der Waals surface area contributed by atoms with Gasteiger partial charge in [-0.2, -0.15) is 13.2 Å². The second-order valence-corrected chi connectivity index (χ2v) is 3.99. The Balaban J connectivity index is 2.92. The number of nitrogens with zero attached hydrogens (tertiary/aromatic N) is 1. The highest BCUT2D eigenvalue weighted by atomic mass is 19.4. The van der Waals surface area contributed by atoms with E-state index in [1.165, 1.54) is 6.20 Å². The van der Waals surface area contributed by atoms with E-state index < -0.39 is 12.6 Å². The van der Waals surface area contributed by atoms with Gasteiger partial charge < -0.3 is 0 Å². The molecule has 0 aliphatic heterocycles. The van der Waals surface area contributed by atoms with Crippen molar-refractivity contribution >= 4 is 0 Å². The Kier molecular flexibility index (Phi) is 3.37. The number of rotatable bonds is 2. The van der Waals surface area contributed by atoms with E-state index in [0.717, 1.165) is 11.3 Å². The number of halogens is 3. The summed E-state index contributed by atoms with van der Waals surface area (Å²) in [6, 6.07) is 1.57. The number of hydrogen-bond donors (Lipinski definition) is 0. The second kappa shape index (κ2) is 4.21. The molecule has 0 aliphatic carbocycles. The summed E-state index contributed by atoms with van der Waals surface area (Å²) < 4.78 is 36.3. The summed E-state index contributed by atoms with van der Waals surface area (Å²) in [6.45, 7) is 5.74. The molecule has 15 heavy (non-hydrogen) atoms. The zero-order chi connectivity index (χ0) is 11.6. The first kappa shape index (κ1) is 12.0. The summed E-state index contributed by atoms with van der Waals surface area (Å²) in [7, 11) is 0. The van der Waals surface area contributed by atoms with E-state index in [2.05, 4.69) is 4.98 Å². The third-order valence-electron chi connectivity index (χ3n) is 2.13. The summed E-state index contributed by atoms with van der Waals surface area (Å²) in [6.07, 6.45) is -3.75. The first-order chi connectivity index (χ1) is 6.79. The quantitative estimate of drug-likeness (QED) is 0.737. The van der Waals surface area contributed by atoms with Crippen molar-refractivity contribution in [2.75, 3.05) is 0 Å². The highest BCUT2D eigenvalue weighted by molar-refractivity contribution is 5.26. The van der Waals surface area contributed by atoms with E-state index in [4.69, 9.17) is 0 Å². The lowest BCUT2D eigenvalue weighted by Crippen LogP contribution is -2.12. The van der Waals surface area contributed by atoms with Crippen LogP contribution in [0.15, 0.2) is 12.3 Å². The molecule has 0 saturated heterocycles. The fraction of sp³-hybridized carbons (Fsp3) is 0.545. The van der Waals surface area contributed by atoms with Crippen LogP contribution in [0.25, 0.3) is 0 Å². The molecule has 0 unspecified atom stereocenters. The maximum absolute atomic E-state index is 12.1. The predicted molar refractivity (Wildman–Crippen MR) is 52.8 cm³/mol. The molecule has 0 radical (unpaired) electrons. The normalized spacial score (nSPS) is 12.2. The van der Waals surface area contributed by atoms with Crippen molar-refractivity contribution in [2.45, 2.75) is 39.3 Å². The molecular weight excluding hydrogens is 203 g/mol. The van der Waals surface area contributed by atoms with E-state index in [-0.39, 0.29) is 11.5 Å². The molecule has 0 aromatic carbocycles. The maximum Gasteiger partial charge on any atom is 0.393 e. The zero-order valence-electron chi connectivity index (χ0n) is 9.02. The number of aromatic nitrogens is 1. The second-order valence-electron chi connectivity index (χ2n) is 3.99. The van der Waals surface area contributed by atoms with E-state index in [0.29, 0.717) is 0 Å². The number of hydrogen-bond acceptors (Lipinski definition) is 1. The van der Waals surface area contributed by atoms with Gasteiger partial charge in [0, 0.05) is 11.9 Å². The molecule has 4 heteroatoms. The van der Waals surface area contributed by atoms with Crippen LogP contribution in [0, 0.1) is 6.92 Å². The molecule has 0 N–H and O–H groups in total. The third-order valence-corrected chi connectivity index (χ3v) is 2.13. The van der Waals surface area contributed by atoms with Gasteiger partial charge in [0.05, 0.1) is 6.42 Å². The van der Waals surface area contributed by atoms with Gasteiger partial charge in [-0.05, 0) is 24.0 Å². The molecule has 1 aromatic rings. The maximum atomic E-state index is 12.1. The predicted octanol–water partition coefficient (Wildman–Crippen LogP) is 3.62. The van der Waals surface area contributed by atoms with Gasteiger partial charge in [-0.15, -0.1) is 0 Å². The van der Waals surface area contributed by atoms with E-state index in [9.17, 15) is 13.2 Å². The molecule has 0 spiro atoms. The fourth-order valence-corrected chi connectivity index (χ4v) is 1.58. The van der Waals surface area contributed by atoms with Gasteiger partial charge in [-0.25, -0.2) is 0 Å². The molecule has 0 atom stereocenters. The Hall–Kier alpha value is -1.06. The van der Waals surface area contributed by atoms with Crippen LogP contribution in [0.2, 0.25) is 0 Å². The molecule has 1 rings (SSSR count). The lowest BCUT2D eigenvalue weighted by molar-refractivity contribution is -0.127. The molecule has 0 bridgehead atoms. The molecule has 0 fully saturated rings. The lowest BCUT2D eigenvalue weighted by atomic mass is 10.0. The summed E-state index contributed by atoms with van der Waals surface area (Å²) in [5, 5.41) is 0. The van der Waals surface area contributed by atoms with Gasteiger partial charge in [0.1, 0.15) is 0 Å². The van der Waals surface area contributed by atoms with Gasteiger partial charge in [0.15, 0.2) is 0 Å². The molecule has 1 nitrogen and oxygen atoms in total. The van der Waals surface area contributed by atoms with Gasteiger partial charge in [0.25, 0.3) is 0 Å². The average Bonchev–Trinajstić information content (AvgIpc) is 1.99. The van der Waals surface area contributed by atoms with Crippen LogP contribution in [0.4, 0.5) is 13.2 Å². The Morgan fingerprint density at radius 3 is 2.33 bits per heavy atom. The van der Waals surface area contributed by atoms with Crippen molar-refractivity contribution in [1.29, 1.82) is 0 Å². The lowest BCUT2D eigenvalue weighted by Gasteiger charge is -2.11. The minimum absolute atomic E-state index is 0.226. The molecule has 1 aromatic heterocycles. The molecule has 0 amide bonds. The number of pyridine rings is 1. The topological polar surface area (TPSA) is 12.9 Å². The molecule has 1 heterocycles. The van der Waals surface area contributed by atoms with Crippen molar-refractivity contribution in [3.63, 3.8) is 0 Å². The minimum atomic E-state index is -4.16. The molecule has 84 valence electrons. The largest absolute Gasteiger partial charge is 0.393 e. The van der Waals surface area contributed by atoms with Gasteiger partial charge in [-0.3, -0.25) is 4.98 Å². The molecule has 0 saturated carbocycles. The monoisotopic (exact) mass is 217 g/mol. The zero-order valence-corrected chi connectivity index (χ0v) is 9.02. The molecule has 0 aliphatic rings. The summed E-state index contributed by atoms with van der Waals surface area (Å²) in [5.74, 6) is 0.241. The number of alkyl halides is 3. The van der Waals surface area contributed by atoms with Gasteiger partial charge in [-0.1, -0.05) is 19.9 Å². The van der Waals surface area contributed by atoms with Crippen LogP contribution in [-0.2, 0) is 6.42 Å². The Labute approximate surface area is 87.3 Å². The van der Waals surface area contributed by atoms with E-state index in [1.54, 1.807) is 13.0 Å². The average molecular weight is 217 g/mol. The smallest absolute Gasteiger partial charge is 0.260 e. The van der Waals surface area contributed by atoms with Crippen LogP contribution in [0.3, 0.4) is 0 Å². The highest BCUT2D eigenvalue weighted by Crippen LogP contribution is 2.23. The van der Waals surface area contributed by atoms with Gasteiger partial charge in [0.2, 0.25) is 0 Å². The first-order valence-electron chi connectivity index (χ1n) is 4.82. The number of aryl methyl sites for hydroxylation is 1. The third kappa shape index (κ3) is 3.53. The minimum Gasteiger partial charge on any atom is -0.260 e. The van der Waals surface area contributed by atoms with Crippen LogP contribution in [0.5, 0.6) is 0 Å². The van der Waals surface area contributed by atoms with Crippen molar-refractivity contribution in [1.82, 2.24) is 4.98 Å². The van der Waals surface area contributed by atoms with E-state index in [1.807, 2.05) is 13.8 Å². The molecular formula is C11H14F3N. The summed E-state index contributed by atoms with van der Waals surface area (Å²) in [4.78, 5) is 4.06. The first-order valence-corrected chi connectivity index (χ1v) is 4.82. The summed E-state index contributed by atoms with van der Waals surface area (Å²) in [5.41, 5.74) is 1.91. The Morgan fingerprint density at radius 1 is 1.33 bits per heavy atom. The van der Waals surface area contributed by atoms with Crippen LogP contribution in [0.1, 0.15) is 36.6 Å².